The van der Waals surface area contributed by atoms with E-state index >= 15 is 0 Å². The van der Waals surface area contributed by atoms with Crippen molar-refractivity contribution >= 4 is 28.6 Å². The Bertz CT molecular complexity index is 613. The summed E-state index contributed by atoms with van der Waals surface area (Å²) in [5, 5.41) is 12.9. The van der Waals surface area contributed by atoms with Gasteiger partial charge in [-0.05, 0) is 43.7 Å². The number of nitrogens with zero attached hydrogens (tertiary/aromatic N) is 1. The van der Waals surface area contributed by atoms with E-state index in [4.69, 9.17) is 16.9 Å². The third-order valence-electron chi connectivity index (χ3n) is 2.93. The minimum Gasteiger partial charge on any atom is -0.378 e. The van der Waals surface area contributed by atoms with Crippen molar-refractivity contribution in [1.82, 2.24) is 0 Å². The number of anilines is 1. The first-order valence-electron chi connectivity index (χ1n) is 6.18. The van der Waals surface area contributed by atoms with Crippen molar-refractivity contribution in [3.8, 4) is 6.07 Å². The van der Waals surface area contributed by atoms with E-state index in [1.54, 1.807) is 12.1 Å². The van der Waals surface area contributed by atoms with Crippen molar-refractivity contribution in [2.45, 2.75) is 26.3 Å². The maximum absolute atomic E-state index is 8.97. The summed E-state index contributed by atoms with van der Waals surface area (Å²) in [7, 11) is 0. The lowest BCUT2D eigenvalue weighted by Gasteiger charge is -2.14. The molecule has 0 aliphatic rings. The topological polar surface area (TPSA) is 35.8 Å². The Morgan fingerprint density at radius 2 is 2.16 bits per heavy atom. The van der Waals surface area contributed by atoms with E-state index in [-0.39, 0.29) is 6.04 Å². The van der Waals surface area contributed by atoms with Crippen LogP contribution in [0.25, 0.3) is 0 Å². The lowest BCUT2D eigenvalue weighted by Crippen LogP contribution is -2.04. The zero-order chi connectivity index (χ0) is 13.8. The van der Waals surface area contributed by atoms with Gasteiger partial charge in [-0.2, -0.15) is 5.26 Å². The smallest absolute Gasteiger partial charge is 0.101 e. The van der Waals surface area contributed by atoms with E-state index in [2.05, 4.69) is 37.4 Å². The summed E-state index contributed by atoms with van der Waals surface area (Å²) in [5.41, 5.74) is 1.42. The number of aryl methyl sites for hydroxylation is 1. The molecule has 1 aromatic carbocycles. The molecule has 0 spiro atoms. The van der Waals surface area contributed by atoms with Crippen molar-refractivity contribution < 1.29 is 0 Å². The summed E-state index contributed by atoms with van der Waals surface area (Å²) in [6.45, 7) is 4.28. The molecular formula is C15H15ClN2S. The van der Waals surface area contributed by atoms with Crippen molar-refractivity contribution in [3.63, 3.8) is 0 Å². The number of hydrogen-bond donors (Lipinski definition) is 1. The van der Waals surface area contributed by atoms with Crippen molar-refractivity contribution in [3.05, 3.63) is 50.7 Å². The van der Waals surface area contributed by atoms with Crippen LogP contribution in [0.2, 0.25) is 5.02 Å². The summed E-state index contributed by atoms with van der Waals surface area (Å²) in [6, 6.07) is 12.1. The minimum absolute atomic E-state index is 0.220. The molecule has 4 heteroatoms. The number of nitrogens with one attached hydrogen (secondary N) is 1. The molecule has 1 atom stereocenters. The molecule has 98 valence electrons. The fraction of sp³-hybridized carbons (Fsp3) is 0.267. The molecule has 0 saturated carbocycles. The number of halogens is 1. The normalized spacial score (nSPS) is 11.9. The molecule has 0 saturated heterocycles. The van der Waals surface area contributed by atoms with E-state index in [1.807, 2.05) is 17.4 Å². The van der Waals surface area contributed by atoms with Crippen LogP contribution in [0.3, 0.4) is 0 Å². The molecule has 0 radical (unpaired) electrons. The van der Waals surface area contributed by atoms with Crippen molar-refractivity contribution in [1.29, 1.82) is 5.26 Å². The van der Waals surface area contributed by atoms with Crippen LogP contribution in [-0.4, -0.2) is 0 Å². The van der Waals surface area contributed by atoms with E-state index in [1.165, 1.54) is 9.75 Å². The van der Waals surface area contributed by atoms with Gasteiger partial charge in [0.05, 0.1) is 16.6 Å². The van der Waals surface area contributed by atoms with Crippen LogP contribution in [-0.2, 0) is 6.42 Å². The van der Waals surface area contributed by atoms with Gasteiger partial charge in [0.25, 0.3) is 0 Å². The molecular weight excluding hydrogens is 276 g/mol. The monoisotopic (exact) mass is 290 g/mol. The highest BCUT2D eigenvalue weighted by molar-refractivity contribution is 7.12. The van der Waals surface area contributed by atoms with Gasteiger partial charge in [-0.15, -0.1) is 11.3 Å². The van der Waals surface area contributed by atoms with Crippen LogP contribution in [0, 0.1) is 11.3 Å². The third kappa shape index (κ3) is 3.28. The lowest BCUT2D eigenvalue weighted by atomic mass is 10.2. The lowest BCUT2D eigenvalue weighted by molar-refractivity contribution is 0.908. The fourth-order valence-corrected chi connectivity index (χ4v) is 2.95. The average Bonchev–Trinajstić information content (AvgIpc) is 2.90. The second-order valence-corrected chi connectivity index (χ2v) is 5.94. The molecule has 0 amide bonds. The van der Waals surface area contributed by atoms with Crippen LogP contribution >= 0.6 is 22.9 Å². The SMILES string of the molecule is CCc1ccc(C(C)Nc2ccc(Cl)c(C#N)c2)s1. The number of thiophene rings is 1. The first-order valence-corrected chi connectivity index (χ1v) is 7.38. The van der Waals surface area contributed by atoms with Crippen LogP contribution in [0.5, 0.6) is 0 Å². The van der Waals surface area contributed by atoms with Crippen LogP contribution in [0.1, 0.15) is 35.2 Å². The Labute approximate surface area is 122 Å². The Balaban J connectivity index is 2.14. The molecule has 1 aromatic heterocycles. The quantitative estimate of drug-likeness (QED) is 0.859. The Kier molecular flexibility index (Phi) is 4.47. The zero-order valence-corrected chi connectivity index (χ0v) is 12.5. The number of rotatable bonds is 4. The second kappa shape index (κ2) is 6.10. The molecule has 1 N–H and O–H groups in total. The molecule has 0 aliphatic carbocycles. The minimum atomic E-state index is 0.220. The standard InChI is InChI=1S/C15H15ClN2S/c1-3-13-5-7-15(19-13)10(2)18-12-4-6-14(16)11(8-12)9-17/h4-8,10,18H,3H2,1-2H3. The predicted octanol–water partition coefficient (Wildman–Crippen LogP) is 5.01. The summed E-state index contributed by atoms with van der Waals surface area (Å²) in [6.07, 6.45) is 1.07. The van der Waals surface area contributed by atoms with Gasteiger partial charge in [0.2, 0.25) is 0 Å². The third-order valence-corrected chi connectivity index (χ3v) is 4.67. The maximum atomic E-state index is 8.97. The average molecular weight is 291 g/mol. The van der Waals surface area contributed by atoms with Crippen LogP contribution < -0.4 is 5.32 Å². The molecule has 0 bridgehead atoms. The summed E-state index contributed by atoms with van der Waals surface area (Å²) in [5.74, 6) is 0. The van der Waals surface area contributed by atoms with Gasteiger partial charge < -0.3 is 5.32 Å². The number of nitriles is 1. The molecule has 2 rings (SSSR count). The van der Waals surface area contributed by atoms with Crippen molar-refractivity contribution in [2.24, 2.45) is 0 Å². The Morgan fingerprint density at radius 3 is 2.79 bits per heavy atom. The highest BCUT2D eigenvalue weighted by Gasteiger charge is 2.09. The molecule has 0 aliphatic heterocycles. The molecule has 2 nitrogen and oxygen atoms in total. The number of hydrogen-bond acceptors (Lipinski definition) is 3. The maximum Gasteiger partial charge on any atom is 0.101 e. The zero-order valence-electron chi connectivity index (χ0n) is 10.9. The van der Waals surface area contributed by atoms with Gasteiger partial charge >= 0.3 is 0 Å². The van der Waals surface area contributed by atoms with E-state index in [0.717, 1.165) is 12.1 Å². The van der Waals surface area contributed by atoms with Crippen LogP contribution in [0.15, 0.2) is 30.3 Å². The first kappa shape index (κ1) is 13.9. The fourth-order valence-electron chi connectivity index (χ4n) is 1.84. The van der Waals surface area contributed by atoms with Gasteiger partial charge in [0.1, 0.15) is 6.07 Å². The van der Waals surface area contributed by atoms with E-state index in [0.29, 0.717) is 10.6 Å². The van der Waals surface area contributed by atoms with Crippen LogP contribution in [0.4, 0.5) is 5.69 Å². The molecule has 1 unspecified atom stereocenters. The van der Waals surface area contributed by atoms with Gasteiger partial charge in [-0.1, -0.05) is 18.5 Å². The molecule has 0 fully saturated rings. The van der Waals surface area contributed by atoms with E-state index in [9.17, 15) is 0 Å². The highest BCUT2D eigenvalue weighted by atomic mass is 35.5. The van der Waals surface area contributed by atoms with Gasteiger partial charge in [0.15, 0.2) is 0 Å². The molecule has 19 heavy (non-hydrogen) atoms. The summed E-state index contributed by atoms with van der Waals surface area (Å²) >= 11 is 7.74. The Morgan fingerprint density at radius 1 is 1.37 bits per heavy atom. The highest BCUT2D eigenvalue weighted by Crippen LogP contribution is 2.28. The number of benzene rings is 1. The van der Waals surface area contributed by atoms with Gasteiger partial charge in [0, 0.05) is 15.4 Å². The van der Waals surface area contributed by atoms with Gasteiger partial charge in [-0.25, -0.2) is 0 Å². The predicted molar refractivity (Wildman–Crippen MR) is 81.9 cm³/mol. The van der Waals surface area contributed by atoms with Crippen molar-refractivity contribution in [2.75, 3.05) is 5.32 Å². The summed E-state index contributed by atoms with van der Waals surface area (Å²) in [4.78, 5) is 2.68. The molecule has 1 heterocycles. The molecule has 2 aromatic rings. The first-order chi connectivity index (χ1) is 9.13. The summed E-state index contributed by atoms with van der Waals surface area (Å²) < 4.78 is 0. The second-order valence-electron chi connectivity index (χ2n) is 4.33. The largest absolute Gasteiger partial charge is 0.378 e. The van der Waals surface area contributed by atoms with Gasteiger partial charge in [-0.3, -0.25) is 0 Å². The van der Waals surface area contributed by atoms with E-state index < -0.39 is 0 Å². The Hall–Kier alpha value is -1.50.